The van der Waals surface area contributed by atoms with Crippen LogP contribution in [0.25, 0.3) is 67.3 Å². The predicted molar refractivity (Wildman–Crippen MR) is 184 cm³/mol. The molecule has 0 atom stereocenters. The summed E-state index contributed by atoms with van der Waals surface area (Å²) in [4.78, 5) is 10.2. The average Bonchev–Trinajstić information content (AvgIpc) is 3.09. The Hall–Kier alpha value is -5.60. The van der Waals surface area contributed by atoms with Crippen LogP contribution in [0.15, 0.2) is 158 Å². The van der Waals surface area contributed by atoms with E-state index in [0.717, 1.165) is 33.6 Å². The minimum atomic E-state index is 0.714. The van der Waals surface area contributed by atoms with Gasteiger partial charge in [0.1, 0.15) is 0 Å². The third kappa shape index (κ3) is 5.84. The Kier molecular flexibility index (Phi) is 7.40. The molecule has 0 N–H and O–H groups in total. The highest BCUT2D eigenvalue weighted by Gasteiger charge is 2.13. The highest BCUT2D eigenvalue weighted by Crippen LogP contribution is 2.33. The Bertz CT molecular complexity index is 2090. The number of rotatable bonds is 6. The lowest BCUT2D eigenvalue weighted by atomic mass is 9.96. The van der Waals surface area contributed by atoms with Crippen molar-refractivity contribution in [3.8, 4) is 67.3 Å². The number of aromatic nitrogens is 2. The molecule has 6 aromatic carbocycles. The van der Waals surface area contributed by atoms with E-state index in [0.29, 0.717) is 5.82 Å². The van der Waals surface area contributed by atoms with Gasteiger partial charge in [0.25, 0.3) is 0 Å². The van der Waals surface area contributed by atoms with Crippen LogP contribution in [0.4, 0.5) is 0 Å². The lowest BCUT2D eigenvalue weighted by Crippen LogP contribution is -1.96. The van der Waals surface area contributed by atoms with Crippen LogP contribution in [0.5, 0.6) is 0 Å². The van der Waals surface area contributed by atoms with Gasteiger partial charge in [0.15, 0.2) is 5.82 Å². The third-order valence-electron chi connectivity index (χ3n) is 7.97. The van der Waals surface area contributed by atoms with Gasteiger partial charge in [0.2, 0.25) is 0 Å². The summed E-state index contributed by atoms with van der Waals surface area (Å²) >= 11 is 0. The topological polar surface area (TPSA) is 25.8 Å². The number of hydrogen-bond donors (Lipinski definition) is 0. The van der Waals surface area contributed by atoms with Crippen LogP contribution in [0.2, 0.25) is 0 Å². The van der Waals surface area contributed by atoms with Gasteiger partial charge in [-0.05, 0) is 71.5 Å². The Morgan fingerprint density at radius 1 is 0.295 bits per heavy atom. The molecule has 210 valence electrons. The second-order valence-electron chi connectivity index (χ2n) is 11.3. The highest BCUT2D eigenvalue weighted by atomic mass is 14.9. The zero-order valence-electron chi connectivity index (χ0n) is 24.9. The maximum atomic E-state index is 5.09. The first kappa shape index (κ1) is 27.2. The molecule has 1 heterocycles. The molecule has 0 aliphatic rings. The van der Waals surface area contributed by atoms with Gasteiger partial charge in [-0.2, -0.15) is 0 Å². The SMILES string of the molecule is Cc1cccc(-c2cccc(-c3cccc(-c4cc(-c5cccc(-c6cccc(C)c6)c5)nc(-c5ccccc5)n4)c3)c2)c1. The number of hydrogen-bond acceptors (Lipinski definition) is 2. The van der Waals surface area contributed by atoms with Crippen molar-refractivity contribution in [2.24, 2.45) is 0 Å². The molecule has 0 spiro atoms. The molecule has 7 rings (SSSR count). The fraction of sp³-hybridized carbons (Fsp3) is 0.0476. The van der Waals surface area contributed by atoms with Gasteiger partial charge in [-0.15, -0.1) is 0 Å². The molecule has 0 fully saturated rings. The Morgan fingerprint density at radius 2 is 0.636 bits per heavy atom. The molecule has 0 radical (unpaired) electrons. The van der Waals surface area contributed by atoms with Crippen LogP contribution >= 0.6 is 0 Å². The van der Waals surface area contributed by atoms with Crippen molar-refractivity contribution in [1.82, 2.24) is 9.97 Å². The number of benzene rings is 6. The molecule has 0 aliphatic carbocycles. The Morgan fingerprint density at radius 3 is 1.07 bits per heavy atom. The maximum Gasteiger partial charge on any atom is 0.160 e. The minimum Gasteiger partial charge on any atom is -0.228 e. The zero-order valence-corrected chi connectivity index (χ0v) is 24.9. The first-order valence-corrected chi connectivity index (χ1v) is 15.0. The lowest BCUT2D eigenvalue weighted by Gasteiger charge is -2.12. The summed E-state index contributed by atoms with van der Waals surface area (Å²) in [5.74, 6) is 0.714. The summed E-state index contributed by atoms with van der Waals surface area (Å²) in [5, 5.41) is 0. The largest absolute Gasteiger partial charge is 0.228 e. The molecule has 2 nitrogen and oxygen atoms in total. The van der Waals surface area contributed by atoms with E-state index in [2.05, 4.69) is 153 Å². The van der Waals surface area contributed by atoms with E-state index in [1.165, 1.54) is 38.9 Å². The van der Waals surface area contributed by atoms with Gasteiger partial charge in [-0.1, -0.05) is 145 Å². The van der Waals surface area contributed by atoms with E-state index in [-0.39, 0.29) is 0 Å². The van der Waals surface area contributed by atoms with E-state index in [1.54, 1.807) is 0 Å². The summed E-state index contributed by atoms with van der Waals surface area (Å²) in [6, 6.07) is 55.7. The Balaban J connectivity index is 1.32. The lowest BCUT2D eigenvalue weighted by molar-refractivity contribution is 1.18. The van der Waals surface area contributed by atoms with Crippen LogP contribution in [0, 0.1) is 13.8 Å². The van der Waals surface area contributed by atoms with Crippen molar-refractivity contribution in [3.05, 3.63) is 169 Å². The van der Waals surface area contributed by atoms with E-state index in [9.17, 15) is 0 Å². The van der Waals surface area contributed by atoms with E-state index in [4.69, 9.17) is 9.97 Å². The average molecular weight is 565 g/mol. The first-order valence-electron chi connectivity index (χ1n) is 15.0. The van der Waals surface area contributed by atoms with E-state index >= 15 is 0 Å². The van der Waals surface area contributed by atoms with Gasteiger partial charge >= 0.3 is 0 Å². The van der Waals surface area contributed by atoms with Gasteiger partial charge in [0.05, 0.1) is 11.4 Å². The summed E-state index contributed by atoms with van der Waals surface area (Å²) in [6.45, 7) is 4.26. The van der Waals surface area contributed by atoms with Gasteiger partial charge in [-0.3, -0.25) is 0 Å². The molecule has 0 saturated carbocycles. The van der Waals surface area contributed by atoms with Crippen LogP contribution < -0.4 is 0 Å². The van der Waals surface area contributed by atoms with Crippen LogP contribution in [0.3, 0.4) is 0 Å². The summed E-state index contributed by atoms with van der Waals surface area (Å²) in [6.07, 6.45) is 0. The quantitative estimate of drug-likeness (QED) is 0.201. The molecule has 0 unspecified atom stereocenters. The van der Waals surface area contributed by atoms with Crippen molar-refractivity contribution in [1.29, 1.82) is 0 Å². The third-order valence-corrected chi connectivity index (χ3v) is 7.97. The summed E-state index contributed by atoms with van der Waals surface area (Å²) in [5.41, 5.74) is 14.5. The summed E-state index contributed by atoms with van der Waals surface area (Å²) < 4.78 is 0. The number of nitrogens with zero attached hydrogens (tertiary/aromatic N) is 2. The maximum absolute atomic E-state index is 5.09. The molecular weight excluding hydrogens is 532 g/mol. The molecule has 2 heteroatoms. The monoisotopic (exact) mass is 564 g/mol. The van der Waals surface area contributed by atoms with Crippen molar-refractivity contribution in [2.45, 2.75) is 13.8 Å². The zero-order chi connectivity index (χ0) is 29.9. The fourth-order valence-electron chi connectivity index (χ4n) is 5.70. The second-order valence-corrected chi connectivity index (χ2v) is 11.3. The molecule has 44 heavy (non-hydrogen) atoms. The molecule has 7 aromatic rings. The van der Waals surface area contributed by atoms with E-state index in [1.807, 2.05) is 18.2 Å². The smallest absolute Gasteiger partial charge is 0.160 e. The Labute approximate surface area is 259 Å². The van der Waals surface area contributed by atoms with Crippen molar-refractivity contribution in [2.75, 3.05) is 0 Å². The van der Waals surface area contributed by atoms with Crippen LogP contribution in [-0.4, -0.2) is 9.97 Å². The predicted octanol–water partition coefficient (Wildman–Crippen LogP) is 11.1. The van der Waals surface area contributed by atoms with Gasteiger partial charge < -0.3 is 0 Å². The van der Waals surface area contributed by atoms with Crippen LogP contribution in [0.1, 0.15) is 11.1 Å². The first-order chi connectivity index (χ1) is 21.6. The van der Waals surface area contributed by atoms with Crippen molar-refractivity contribution < 1.29 is 0 Å². The molecular formula is C42H32N2. The minimum absolute atomic E-state index is 0.714. The normalized spacial score (nSPS) is 11.0. The molecule has 0 bridgehead atoms. The highest BCUT2D eigenvalue weighted by molar-refractivity contribution is 5.79. The standard InChI is InChI=1S/C42H32N2/c1-29-11-6-15-32(23-29)34-17-8-18-35(25-34)37-20-10-22-39(27-37)41-28-40(43-42(44-41)31-13-4-3-5-14-31)38-21-9-19-36(26-38)33-16-7-12-30(2)24-33/h3-28H,1-2H3. The van der Waals surface area contributed by atoms with Crippen molar-refractivity contribution >= 4 is 0 Å². The second kappa shape index (κ2) is 11.9. The van der Waals surface area contributed by atoms with Crippen molar-refractivity contribution in [3.63, 3.8) is 0 Å². The van der Waals surface area contributed by atoms with Gasteiger partial charge in [0, 0.05) is 16.7 Å². The fourth-order valence-corrected chi connectivity index (χ4v) is 5.70. The summed E-state index contributed by atoms with van der Waals surface area (Å²) in [7, 11) is 0. The molecule has 0 aliphatic heterocycles. The van der Waals surface area contributed by atoms with Gasteiger partial charge in [-0.25, -0.2) is 9.97 Å². The van der Waals surface area contributed by atoms with E-state index < -0.39 is 0 Å². The molecule has 0 saturated heterocycles. The van der Waals surface area contributed by atoms with Crippen LogP contribution in [-0.2, 0) is 0 Å². The molecule has 0 amide bonds. The number of aryl methyl sites for hydroxylation is 2. The molecule has 1 aromatic heterocycles.